The van der Waals surface area contributed by atoms with Gasteiger partial charge < -0.3 is 14.5 Å². The van der Waals surface area contributed by atoms with Gasteiger partial charge in [-0.2, -0.15) is 0 Å². The van der Waals surface area contributed by atoms with Crippen LogP contribution in [0.4, 0.5) is 0 Å². The number of benzene rings is 2. The van der Waals surface area contributed by atoms with Crippen molar-refractivity contribution in [1.82, 2.24) is 10.3 Å². The number of methoxy groups -OCH3 is 1. The van der Waals surface area contributed by atoms with Crippen molar-refractivity contribution in [3.63, 3.8) is 0 Å². The first kappa shape index (κ1) is 14.8. The van der Waals surface area contributed by atoms with E-state index >= 15 is 0 Å². The number of rotatable bonds is 4. The third-order valence-electron chi connectivity index (χ3n) is 3.49. The molecule has 1 N–H and O–H groups in total. The smallest absolute Gasteiger partial charge is 0.251 e. The summed E-state index contributed by atoms with van der Waals surface area (Å²) in [6.45, 7) is 0. The second-order valence-corrected chi connectivity index (χ2v) is 4.89. The number of carbonyl (C=O) groups excluding carboxylic acids is 1. The molecule has 0 aliphatic rings. The van der Waals surface area contributed by atoms with Gasteiger partial charge >= 0.3 is 0 Å². The highest BCUT2D eigenvalue weighted by Crippen LogP contribution is 2.29. The maximum Gasteiger partial charge on any atom is 0.251 e. The van der Waals surface area contributed by atoms with Gasteiger partial charge in [-0.05, 0) is 24.3 Å². The van der Waals surface area contributed by atoms with E-state index in [1.165, 1.54) is 0 Å². The lowest BCUT2D eigenvalue weighted by atomic mass is 10.1. The van der Waals surface area contributed by atoms with Crippen LogP contribution in [-0.2, 0) is 0 Å². The molecule has 0 atom stereocenters. The molecular weight excluding hydrogens is 292 g/mol. The average Bonchev–Trinajstić information content (AvgIpc) is 3.11. The number of oxazole rings is 1. The van der Waals surface area contributed by atoms with Crippen LogP contribution in [0.25, 0.3) is 22.8 Å². The van der Waals surface area contributed by atoms with Crippen LogP contribution in [-0.4, -0.2) is 25.0 Å². The number of nitrogens with one attached hydrogen (secondary N) is 1. The SMILES string of the molecule is CNC(=O)c1ccccc1-c1ncc(-c2cccc(OC)c2)o1. The summed E-state index contributed by atoms with van der Waals surface area (Å²) in [7, 11) is 3.21. The summed E-state index contributed by atoms with van der Waals surface area (Å²) in [4.78, 5) is 16.3. The Morgan fingerprint density at radius 3 is 2.78 bits per heavy atom. The fourth-order valence-corrected chi connectivity index (χ4v) is 2.31. The minimum Gasteiger partial charge on any atom is -0.497 e. The fraction of sp³-hybridized carbons (Fsp3) is 0.111. The molecule has 0 bridgehead atoms. The van der Waals surface area contributed by atoms with Crippen LogP contribution < -0.4 is 10.1 Å². The number of amides is 1. The summed E-state index contributed by atoms with van der Waals surface area (Å²) in [5.41, 5.74) is 2.04. The van der Waals surface area contributed by atoms with Gasteiger partial charge in [-0.25, -0.2) is 4.98 Å². The van der Waals surface area contributed by atoms with Crippen molar-refractivity contribution >= 4 is 5.91 Å². The van der Waals surface area contributed by atoms with E-state index in [-0.39, 0.29) is 5.91 Å². The van der Waals surface area contributed by atoms with E-state index in [2.05, 4.69) is 10.3 Å². The van der Waals surface area contributed by atoms with Crippen molar-refractivity contribution in [2.45, 2.75) is 0 Å². The van der Waals surface area contributed by atoms with E-state index in [1.807, 2.05) is 36.4 Å². The monoisotopic (exact) mass is 308 g/mol. The summed E-state index contributed by atoms with van der Waals surface area (Å²) in [6, 6.07) is 14.7. The zero-order valence-electron chi connectivity index (χ0n) is 12.9. The van der Waals surface area contributed by atoms with E-state index in [1.54, 1.807) is 32.5 Å². The van der Waals surface area contributed by atoms with Crippen molar-refractivity contribution in [1.29, 1.82) is 0 Å². The number of hydrogen-bond donors (Lipinski definition) is 1. The molecule has 0 aliphatic carbocycles. The van der Waals surface area contributed by atoms with Gasteiger partial charge in [-0.15, -0.1) is 0 Å². The largest absolute Gasteiger partial charge is 0.497 e. The molecule has 23 heavy (non-hydrogen) atoms. The Hall–Kier alpha value is -3.08. The molecule has 0 unspecified atom stereocenters. The van der Waals surface area contributed by atoms with Crippen LogP contribution in [0.1, 0.15) is 10.4 Å². The van der Waals surface area contributed by atoms with Crippen molar-refractivity contribution in [2.24, 2.45) is 0 Å². The van der Waals surface area contributed by atoms with Gasteiger partial charge in [0.05, 0.1) is 18.9 Å². The second kappa shape index (κ2) is 6.36. The Morgan fingerprint density at radius 2 is 2.00 bits per heavy atom. The zero-order chi connectivity index (χ0) is 16.2. The van der Waals surface area contributed by atoms with Crippen LogP contribution in [0.2, 0.25) is 0 Å². The van der Waals surface area contributed by atoms with E-state index in [0.717, 1.165) is 11.3 Å². The minimum absolute atomic E-state index is 0.179. The molecule has 2 aromatic carbocycles. The fourth-order valence-electron chi connectivity index (χ4n) is 2.31. The van der Waals surface area contributed by atoms with E-state index < -0.39 is 0 Å². The number of ether oxygens (including phenoxy) is 1. The van der Waals surface area contributed by atoms with Gasteiger partial charge in [-0.1, -0.05) is 24.3 Å². The summed E-state index contributed by atoms with van der Waals surface area (Å²) in [6.07, 6.45) is 1.64. The van der Waals surface area contributed by atoms with Crippen molar-refractivity contribution in [2.75, 3.05) is 14.2 Å². The van der Waals surface area contributed by atoms with Crippen LogP contribution in [0.15, 0.2) is 59.1 Å². The van der Waals surface area contributed by atoms with E-state index in [4.69, 9.17) is 9.15 Å². The van der Waals surface area contributed by atoms with Crippen LogP contribution >= 0.6 is 0 Å². The number of aromatic nitrogens is 1. The van der Waals surface area contributed by atoms with Crippen molar-refractivity contribution < 1.29 is 13.9 Å². The first-order valence-corrected chi connectivity index (χ1v) is 7.14. The van der Waals surface area contributed by atoms with Gasteiger partial charge in [0.25, 0.3) is 5.91 Å². The third-order valence-corrected chi connectivity index (χ3v) is 3.49. The predicted molar refractivity (Wildman–Crippen MR) is 87.3 cm³/mol. The maximum absolute atomic E-state index is 12.0. The Balaban J connectivity index is 2.01. The lowest BCUT2D eigenvalue weighted by Gasteiger charge is -2.05. The quantitative estimate of drug-likeness (QED) is 0.802. The first-order chi connectivity index (χ1) is 11.2. The standard InChI is InChI=1S/C18H16N2O3/c1-19-17(21)14-8-3-4-9-15(14)18-20-11-16(23-18)12-6-5-7-13(10-12)22-2/h3-11H,1-2H3,(H,19,21). The molecule has 5 heteroatoms. The Bertz CT molecular complexity index is 840. The summed E-state index contributed by atoms with van der Waals surface area (Å²) in [5, 5.41) is 2.62. The lowest BCUT2D eigenvalue weighted by Crippen LogP contribution is -2.18. The van der Waals surface area contributed by atoms with Crippen LogP contribution in [0.3, 0.4) is 0 Å². The van der Waals surface area contributed by atoms with Crippen molar-refractivity contribution in [3.8, 4) is 28.5 Å². The van der Waals surface area contributed by atoms with Gasteiger partial charge in [0, 0.05) is 18.2 Å². The Labute approximate surface area is 133 Å². The molecule has 1 aromatic heterocycles. The van der Waals surface area contributed by atoms with E-state index in [0.29, 0.717) is 22.8 Å². The van der Waals surface area contributed by atoms with Gasteiger partial charge in [0.2, 0.25) is 5.89 Å². The molecule has 116 valence electrons. The Morgan fingerprint density at radius 1 is 1.17 bits per heavy atom. The normalized spacial score (nSPS) is 10.3. The molecule has 5 nitrogen and oxygen atoms in total. The molecule has 0 spiro atoms. The zero-order valence-corrected chi connectivity index (χ0v) is 12.9. The van der Waals surface area contributed by atoms with Crippen molar-refractivity contribution in [3.05, 3.63) is 60.3 Å². The Kier molecular flexibility index (Phi) is 4.10. The molecule has 0 saturated carbocycles. The molecule has 0 radical (unpaired) electrons. The first-order valence-electron chi connectivity index (χ1n) is 7.14. The topological polar surface area (TPSA) is 64.4 Å². The molecule has 3 aromatic rings. The highest BCUT2D eigenvalue weighted by Gasteiger charge is 2.16. The van der Waals surface area contributed by atoms with Crippen LogP contribution in [0, 0.1) is 0 Å². The summed E-state index contributed by atoms with van der Waals surface area (Å²) < 4.78 is 11.1. The highest BCUT2D eigenvalue weighted by molar-refractivity contribution is 5.99. The van der Waals surface area contributed by atoms with Gasteiger partial charge in [-0.3, -0.25) is 4.79 Å². The highest BCUT2D eigenvalue weighted by atomic mass is 16.5. The lowest BCUT2D eigenvalue weighted by molar-refractivity contribution is 0.0963. The molecule has 0 fully saturated rings. The molecule has 1 amide bonds. The number of hydrogen-bond acceptors (Lipinski definition) is 4. The molecule has 1 heterocycles. The predicted octanol–water partition coefficient (Wildman–Crippen LogP) is 3.38. The van der Waals surface area contributed by atoms with Crippen LogP contribution in [0.5, 0.6) is 5.75 Å². The average molecular weight is 308 g/mol. The maximum atomic E-state index is 12.0. The number of nitrogens with zero attached hydrogens (tertiary/aromatic N) is 1. The van der Waals surface area contributed by atoms with Gasteiger partial charge in [0.1, 0.15) is 5.75 Å². The third kappa shape index (κ3) is 2.94. The number of carbonyl (C=O) groups is 1. The summed E-state index contributed by atoms with van der Waals surface area (Å²) in [5.74, 6) is 1.58. The molecular formula is C18H16N2O3. The molecule has 0 saturated heterocycles. The van der Waals surface area contributed by atoms with E-state index in [9.17, 15) is 4.79 Å². The second-order valence-electron chi connectivity index (χ2n) is 4.89. The molecule has 3 rings (SSSR count). The van der Waals surface area contributed by atoms with Gasteiger partial charge in [0.15, 0.2) is 5.76 Å². The summed E-state index contributed by atoms with van der Waals surface area (Å²) >= 11 is 0. The minimum atomic E-state index is -0.179. The molecule has 0 aliphatic heterocycles.